The third kappa shape index (κ3) is 5.15. The Labute approximate surface area is 219 Å². The second kappa shape index (κ2) is 9.09. The van der Waals surface area contributed by atoms with Gasteiger partial charge >= 0.3 is 0 Å². The first-order chi connectivity index (χ1) is 17.4. The number of aromatic amines is 2. The molecule has 0 unspecified atom stereocenters. The molecule has 0 saturated carbocycles. The SMILES string of the molecule is CC(C)(Cc1ccc2c(C(C)(C)Cc3ccc4[nH]ncc4c3C(C)(C)C)[nH]nc2c1)Cc1cnccn1. The van der Waals surface area contributed by atoms with Gasteiger partial charge in [-0.05, 0) is 58.9 Å². The summed E-state index contributed by atoms with van der Waals surface area (Å²) in [6, 6.07) is 11.2. The lowest BCUT2D eigenvalue weighted by Crippen LogP contribution is -2.24. The zero-order chi connectivity index (χ0) is 26.4. The lowest BCUT2D eigenvalue weighted by Gasteiger charge is -2.29. The number of fused-ring (bicyclic) bond motifs is 2. The van der Waals surface area contributed by atoms with E-state index in [2.05, 4.69) is 104 Å². The molecule has 2 N–H and O–H groups in total. The van der Waals surface area contributed by atoms with Crippen LogP contribution in [0.15, 0.2) is 55.1 Å². The van der Waals surface area contributed by atoms with Crippen molar-refractivity contribution in [2.24, 2.45) is 5.41 Å². The van der Waals surface area contributed by atoms with E-state index in [1.54, 1.807) is 12.4 Å². The number of aromatic nitrogens is 6. The van der Waals surface area contributed by atoms with Crippen LogP contribution in [0.4, 0.5) is 0 Å². The Morgan fingerprint density at radius 3 is 2.32 bits per heavy atom. The molecule has 37 heavy (non-hydrogen) atoms. The highest BCUT2D eigenvalue weighted by atomic mass is 15.1. The van der Waals surface area contributed by atoms with E-state index in [-0.39, 0.29) is 16.2 Å². The van der Waals surface area contributed by atoms with Crippen LogP contribution in [0, 0.1) is 5.41 Å². The molecule has 6 heteroatoms. The second-order valence-corrected chi connectivity index (χ2v) is 12.9. The first kappa shape index (κ1) is 25.1. The van der Waals surface area contributed by atoms with Gasteiger partial charge in [-0.25, -0.2) is 0 Å². The van der Waals surface area contributed by atoms with E-state index in [1.165, 1.54) is 33.2 Å². The average molecular weight is 495 g/mol. The highest BCUT2D eigenvalue weighted by molar-refractivity contribution is 5.85. The molecule has 3 aromatic heterocycles. The standard InChI is InChI=1S/C31H38N6/c1-29(2,3)27-21(9-11-25-24(27)19-34-35-25)16-31(6,7)28-23-10-8-20(14-26(23)36-37-28)15-30(4,5)17-22-18-32-12-13-33-22/h8-14,18-19H,15-17H2,1-7H3,(H,34,35)(H,36,37). The van der Waals surface area contributed by atoms with Crippen LogP contribution in [-0.4, -0.2) is 30.4 Å². The van der Waals surface area contributed by atoms with E-state index >= 15 is 0 Å². The maximum absolute atomic E-state index is 4.75. The largest absolute Gasteiger partial charge is 0.281 e. The van der Waals surface area contributed by atoms with Crippen LogP contribution >= 0.6 is 0 Å². The predicted molar refractivity (Wildman–Crippen MR) is 151 cm³/mol. The summed E-state index contributed by atoms with van der Waals surface area (Å²) in [6.45, 7) is 16.0. The third-order valence-electron chi connectivity index (χ3n) is 7.35. The lowest BCUT2D eigenvalue weighted by molar-refractivity contribution is 0.356. The summed E-state index contributed by atoms with van der Waals surface area (Å²) in [5.74, 6) is 0. The molecule has 2 aromatic carbocycles. The van der Waals surface area contributed by atoms with Crippen molar-refractivity contribution in [3.8, 4) is 0 Å². The molecule has 0 bridgehead atoms. The van der Waals surface area contributed by atoms with Crippen LogP contribution in [0.1, 0.15) is 76.5 Å². The number of nitrogens with one attached hydrogen (secondary N) is 2. The molecule has 0 aliphatic carbocycles. The molecule has 0 fully saturated rings. The van der Waals surface area contributed by atoms with Crippen molar-refractivity contribution in [3.05, 3.63) is 83.2 Å². The first-order valence-corrected chi connectivity index (χ1v) is 13.1. The van der Waals surface area contributed by atoms with E-state index in [9.17, 15) is 0 Å². The lowest BCUT2D eigenvalue weighted by atomic mass is 9.75. The van der Waals surface area contributed by atoms with E-state index in [1.807, 2.05) is 12.4 Å². The Kier molecular flexibility index (Phi) is 6.17. The van der Waals surface area contributed by atoms with Gasteiger partial charge in [0.25, 0.3) is 0 Å². The molecule has 5 aromatic rings. The molecule has 0 spiro atoms. The van der Waals surface area contributed by atoms with Crippen molar-refractivity contribution >= 4 is 21.8 Å². The van der Waals surface area contributed by atoms with E-state index in [4.69, 9.17) is 5.10 Å². The monoisotopic (exact) mass is 494 g/mol. The summed E-state index contributed by atoms with van der Waals surface area (Å²) in [7, 11) is 0. The highest BCUT2D eigenvalue weighted by Gasteiger charge is 2.30. The second-order valence-electron chi connectivity index (χ2n) is 12.9. The molecule has 0 saturated heterocycles. The van der Waals surface area contributed by atoms with Crippen LogP contribution in [-0.2, 0) is 30.1 Å². The van der Waals surface area contributed by atoms with Crippen LogP contribution in [0.3, 0.4) is 0 Å². The molecule has 0 atom stereocenters. The van der Waals surface area contributed by atoms with Crippen molar-refractivity contribution in [2.75, 3.05) is 0 Å². The summed E-state index contributed by atoms with van der Waals surface area (Å²) in [5, 5.41) is 18.0. The number of H-pyrrole nitrogens is 2. The van der Waals surface area contributed by atoms with Crippen LogP contribution in [0.25, 0.3) is 21.8 Å². The van der Waals surface area contributed by atoms with Gasteiger partial charge in [0.1, 0.15) is 0 Å². The molecule has 0 aliphatic rings. The fraction of sp³-hybridized carbons (Fsp3) is 0.419. The Bertz CT molecular complexity index is 1530. The summed E-state index contributed by atoms with van der Waals surface area (Å²) in [4.78, 5) is 8.69. The molecule has 0 aliphatic heterocycles. The Hall–Kier alpha value is -3.54. The molecular weight excluding hydrogens is 456 g/mol. The van der Waals surface area contributed by atoms with E-state index < -0.39 is 0 Å². The minimum Gasteiger partial charge on any atom is -0.281 e. The Balaban J connectivity index is 1.42. The molecular formula is C31H38N6. The maximum atomic E-state index is 4.75. The third-order valence-corrected chi connectivity index (χ3v) is 7.35. The van der Waals surface area contributed by atoms with Crippen molar-refractivity contribution in [3.63, 3.8) is 0 Å². The van der Waals surface area contributed by atoms with Crippen LogP contribution < -0.4 is 0 Å². The first-order valence-electron chi connectivity index (χ1n) is 13.1. The topological polar surface area (TPSA) is 83.1 Å². The Morgan fingerprint density at radius 1 is 0.784 bits per heavy atom. The summed E-state index contributed by atoms with van der Waals surface area (Å²) in [6.07, 6.45) is 10.1. The maximum Gasteiger partial charge on any atom is 0.0926 e. The summed E-state index contributed by atoms with van der Waals surface area (Å²) in [5.41, 5.74) is 8.29. The molecule has 192 valence electrons. The van der Waals surface area contributed by atoms with Gasteiger partial charge in [0.15, 0.2) is 0 Å². The number of nitrogens with zero attached hydrogens (tertiary/aromatic N) is 4. The number of benzene rings is 2. The zero-order valence-electron chi connectivity index (χ0n) is 23.1. The summed E-state index contributed by atoms with van der Waals surface area (Å²) >= 11 is 0. The van der Waals surface area contributed by atoms with E-state index in [0.717, 1.165) is 36.0 Å². The minimum atomic E-state index is -0.126. The minimum absolute atomic E-state index is 0.0118. The number of rotatable bonds is 7. The van der Waals surface area contributed by atoms with E-state index in [0.29, 0.717) is 0 Å². The molecule has 5 rings (SSSR count). The zero-order valence-corrected chi connectivity index (χ0v) is 23.1. The van der Waals surface area contributed by atoms with Crippen molar-refractivity contribution < 1.29 is 0 Å². The van der Waals surface area contributed by atoms with Gasteiger partial charge in [-0.15, -0.1) is 0 Å². The highest BCUT2D eigenvalue weighted by Crippen LogP contribution is 2.38. The van der Waals surface area contributed by atoms with Gasteiger partial charge in [0, 0.05) is 40.5 Å². The smallest absolute Gasteiger partial charge is 0.0926 e. The van der Waals surface area contributed by atoms with Crippen molar-refractivity contribution in [1.29, 1.82) is 0 Å². The van der Waals surface area contributed by atoms with Crippen LogP contribution in [0.5, 0.6) is 0 Å². The fourth-order valence-corrected chi connectivity index (χ4v) is 5.87. The van der Waals surface area contributed by atoms with Gasteiger partial charge in [-0.1, -0.05) is 66.7 Å². The normalized spacial score (nSPS) is 13.1. The number of hydrogen-bond acceptors (Lipinski definition) is 4. The Morgan fingerprint density at radius 2 is 1.59 bits per heavy atom. The van der Waals surface area contributed by atoms with Gasteiger partial charge in [-0.2, -0.15) is 10.2 Å². The molecule has 0 amide bonds. The molecule has 6 nitrogen and oxygen atoms in total. The van der Waals surface area contributed by atoms with Crippen LogP contribution in [0.2, 0.25) is 0 Å². The predicted octanol–water partition coefficient (Wildman–Crippen LogP) is 6.86. The van der Waals surface area contributed by atoms with Gasteiger partial charge in [0.05, 0.1) is 22.9 Å². The van der Waals surface area contributed by atoms with Crippen molar-refractivity contribution in [1.82, 2.24) is 30.4 Å². The number of hydrogen-bond donors (Lipinski definition) is 2. The molecule has 3 heterocycles. The van der Waals surface area contributed by atoms with Gasteiger partial charge in [0.2, 0.25) is 0 Å². The van der Waals surface area contributed by atoms with Gasteiger partial charge in [-0.3, -0.25) is 20.2 Å². The molecule has 0 radical (unpaired) electrons. The fourth-order valence-electron chi connectivity index (χ4n) is 5.87. The van der Waals surface area contributed by atoms with Gasteiger partial charge < -0.3 is 0 Å². The summed E-state index contributed by atoms with van der Waals surface area (Å²) < 4.78 is 0. The van der Waals surface area contributed by atoms with Crippen molar-refractivity contribution in [2.45, 2.75) is 78.6 Å². The quantitative estimate of drug-likeness (QED) is 0.259. The average Bonchev–Trinajstić information content (AvgIpc) is 3.44.